The Labute approximate surface area is 382 Å². The zero-order valence-electron chi connectivity index (χ0n) is 34.3. The Morgan fingerprint density at radius 3 is 0.887 bits per heavy atom. The van der Waals surface area contributed by atoms with E-state index < -0.39 is 52.0 Å². The van der Waals surface area contributed by atoms with Gasteiger partial charge in [0.15, 0.2) is 0 Å². The molecule has 0 aromatic heterocycles. The van der Waals surface area contributed by atoms with Crippen molar-refractivity contribution in [3.8, 4) is 0 Å². The number of halogens is 1. The molecule has 3 fully saturated rings. The van der Waals surface area contributed by atoms with E-state index in [1.54, 1.807) is 0 Å². The second-order valence-electron chi connectivity index (χ2n) is 15.8. The SMILES string of the molecule is c1ccc([P+]2(c3ccccc3)N[P+](c3ccccc3)(c3ccccc3)N2[I-]N2[P+](c3ccccc3)(c3ccccc3)N(CPC3CC3)[P+]2(c2ccccc2)c2ccccc2)cc1. The summed E-state index contributed by atoms with van der Waals surface area (Å²) in [5.74, 6) is 0. The monoisotopic (exact) mass is 1010 g/mol. The molecule has 2 saturated heterocycles. The van der Waals surface area contributed by atoms with Gasteiger partial charge in [0, 0.05) is 0 Å². The molecule has 1 aliphatic carbocycles. The molecule has 0 amide bonds. The van der Waals surface area contributed by atoms with Crippen LogP contribution in [0.1, 0.15) is 12.8 Å². The average Bonchev–Trinajstić information content (AvgIpc) is 4.19. The fraction of sp³-hybridized carbons (Fsp3) is 0.0769. The van der Waals surface area contributed by atoms with Gasteiger partial charge in [0.2, 0.25) is 0 Å². The Balaban J connectivity index is 1.26. The predicted octanol–water partition coefficient (Wildman–Crippen LogP) is 7.22. The zero-order valence-corrected chi connectivity index (χ0v) is 41.0. The molecule has 11 rings (SSSR count). The van der Waals surface area contributed by atoms with Crippen LogP contribution in [-0.4, -0.2) is 21.7 Å². The van der Waals surface area contributed by atoms with E-state index in [4.69, 9.17) is 4.86 Å². The summed E-state index contributed by atoms with van der Waals surface area (Å²) in [5, 5.41) is 11.3. The summed E-state index contributed by atoms with van der Waals surface area (Å²) in [4.78, 5) is 4.71. The van der Waals surface area contributed by atoms with Gasteiger partial charge in [0.05, 0.1) is 0 Å². The number of nitrogens with zero attached hydrogens (tertiary/aromatic N) is 3. The maximum atomic E-state index is 4.71. The minimum atomic E-state index is -2.45. The van der Waals surface area contributed by atoms with Crippen LogP contribution in [0.25, 0.3) is 0 Å². The molecule has 4 nitrogen and oxygen atoms in total. The molecule has 0 bridgehead atoms. The third-order valence-corrected chi connectivity index (χ3v) is 43.4. The second-order valence-corrected chi connectivity index (χ2v) is 36.2. The number of benzene rings is 8. The standard InChI is InChI=1S/C52H49IN4P5/c1-9-25-45(26-10-1)59(46-27-11-2-12-28-46)54-60(47-29-13-3-14-30-47,48-31-15-4-16-32-48)56(59)53-57-61(49-33-17-5-18-34-49,50-35-19-6-20-36-50)55(43-58-44-41-42-44)62(57,51-37-21-7-22-38-51)52-39-23-8-24-40-52/h1-40,44,54,58H,41-43H2/q+3. The van der Waals surface area contributed by atoms with Crippen molar-refractivity contribution in [2.24, 2.45) is 0 Å². The summed E-state index contributed by atoms with van der Waals surface area (Å²) in [5.41, 5.74) is 0.824. The Kier molecular flexibility index (Phi) is 11.6. The van der Waals surface area contributed by atoms with Gasteiger partial charge < -0.3 is 0 Å². The first-order valence-corrected chi connectivity index (χ1v) is 31.4. The Bertz CT molecular complexity index is 2390. The summed E-state index contributed by atoms with van der Waals surface area (Å²) in [6, 6.07) is 92.9. The van der Waals surface area contributed by atoms with E-state index in [1.807, 2.05) is 0 Å². The first kappa shape index (κ1) is 41.2. The summed E-state index contributed by atoms with van der Waals surface area (Å²) in [7, 11) is -8.87. The number of hydrogen-bond acceptors (Lipinski definition) is 4. The molecule has 0 spiro atoms. The molecule has 2 aliphatic heterocycles. The van der Waals surface area contributed by atoms with Crippen LogP contribution < -0.4 is 69.0 Å². The van der Waals surface area contributed by atoms with Crippen LogP contribution in [0.15, 0.2) is 243 Å². The van der Waals surface area contributed by atoms with Crippen molar-refractivity contribution in [2.75, 3.05) is 6.29 Å². The first-order valence-electron chi connectivity index (χ1n) is 21.3. The van der Waals surface area contributed by atoms with Crippen molar-refractivity contribution in [1.82, 2.24) is 14.6 Å². The van der Waals surface area contributed by atoms with Crippen molar-refractivity contribution < 1.29 is 21.8 Å². The molecular weight excluding hydrogens is 962 g/mol. The van der Waals surface area contributed by atoms with Crippen molar-refractivity contribution in [2.45, 2.75) is 18.5 Å². The van der Waals surface area contributed by atoms with E-state index in [1.165, 1.54) is 55.3 Å². The molecule has 1 saturated carbocycles. The maximum absolute atomic E-state index is 4.71. The molecule has 306 valence electrons. The van der Waals surface area contributed by atoms with Crippen molar-refractivity contribution in [3.63, 3.8) is 0 Å². The summed E-state index contributed by atoms with van der Waals surface area (Å²) in [6.45, 7) is 0. The molecule has 62 heavy (non-hydrogen) atoms. The molecule has 3 aliphatic rings. The fourth-order valence-corrected chi connectivity index (χ4v) is 51.3. The number of hydrogen-bond donors (Lipinski definition) is 1. The van der Waals surface area contributed by atoms with E-state index in [0.717, 1.165) is 20.5 Å². The van der Waals surface area contributed by atoms with E-state index in [9.17, 15) is 0 Å². The molecule has 1 N–H and O–H groups in total. The van der Waals surface area contributed by atoms with Crippen LogP contribution in [0.3, 0.4) is 0 Å². The van der Waals surface area contributed by atoms with Crippen molar-refractivity contribution >= 4 is 81.3 Å². The van der Waals surface area contributed by atoms with Crippen LogP contribution in [0.2, 0.25) is 0 Å². The van der Waals surface area contributed by atoms with Gasteiger partial charge in [-0.15, -0.1) is 0 Å². The number of rotatable bonds is 13. The molecule has 8 aromatic carbocycles. The topological polar surface area (TPSA) is 21.8 Å². The third-order valence-electron chi connectivity index (χ3n) is 12.1. The quantitative estimate of drug-likeness (QED) is 0.0749. The molecular formula is C52H49IN4P5+3. The number of nitrogens with one attached hydrogen (secondary N) is 1. The summed E-state index contributed by atoms with van der Waals surface area (Å²) >= 11 is -0.968. The van der Waals surface area contributed by atoms with Crippen molar-refractivity contribution in [3.05, 3.63) is 243 Å². The van der Waals surface area contributed by atoms with Crippen LogP contribution in [-0.2, 0) is 0 Å². The van der Waals surface area contributed by atoms with E-state index in [0.29, 0.717) is 0 Å². The zero-order chi connectivity index (χ0) is 41.5. The summed E-state index contributed by atoms with van der Waals surface area (Å²) < 4.78 is 9.60. The van der Waals surface area contributed by atoms with E-state index in [-0.39, 0.29) is 0 Å². The Morgan fingerprint density at radius 2 is 0.629 bits per heavy atom. The average molecular weight is 1010 g/mol. The molecule has 0 radical (unpaired) electrons. The molecule has 8 aromatic rings. The van der Waals surface area contributed by atoms with Crippen molar-refractivity contribution in [1.29, 1.82) is 0 Å². The third kappa shape index (κ3) is 6.59. The van der Waals surface area contributed by atoms with Crippen LogP contribution in [0, 0.1) is 0 Å². The molecule has 10 heteroatoms. The Morgan fingerprint density at radius 1 is 0.371 bits per heavy atom. The van der Waals surface area contributed by atoms with Gasteiger partial charge in [-0.1, -0.05) is 0 Å². The van der Waals surface area contributed by atoms with Gasteiger partial charge >= 0.3 is 385 Å². The van der Waals surface area contributed by atoms with Gasteiger partial charge in [-0.25, -0.2) is 0 Å². The second kappa shape index (κ2) is 17.5. The normalized spacial score (nSPS) is 19.2. The van der Waals surface area contributed by atoms with Gasteiger partial charge in [0.25, 0.3) is 0 Å². The van der Waals surface area contributed by atoms with Crippen LogP contribution >= 0.6 is 38.8 Å². The van der Waals surface area contributed by atoms with E-state index >= 15 is 0 Å². The summed E-state index contributed by atoms with van der Waals surface area (Å²) in [6.07, 6.45) is 3.80. The minimum absolute atomic E-state index is 0.824. The van der Waals surface area contributed by atoms with Crippen LogP contribution in [0.4, 0.5) is 0 Å². The van der Waals surface area contributed by atoms with Gasteiger partial charge in [-0.2, -0.15) is 0 Å². The first-order chi connectivity index (χ1) is 30.7. The molecule has 2 heterocycles. The van der Waals surface area contributed by atoms with E-state index in [2.05, 4.69) is 252 Å². The molecule has 1 atom stereocenters. The van der Waals surface area contributed by atoms with Gasteiger partial charge in [-0.05, 0) is 0 Å². The van der Waals surface area contributed by atoms with Gasteiger partial charge in [-0.3, -0.25) is 0 Å². The van der Waals surface area contributed by atoms with Gasteiger partial charge in [0.1, 0.15) is 0 Å². The Hall–Kier alpha value is -3.52. The predicted molar refractivity (Wildman–Crippen MR) is 271 cm³/mol. The molecule has 1 unspecified atom stereocenters. The fourth-order valence-electron chi connectivity index (χ4n) is 9.16. The van der Waals surface area contributed by atoms with Crippen LogP contribution in [0.5, 0.6) is 0 Å².